The molecule has 2 nitrogen and oxygen atoms in total. The fourth-order valence-corrected chi connectivity index (χ4v) is 3.30. The molecule has 1 N–H and O–H groups in total. The van der Waals surface area contributed by atoms with Crippen LogP contribution in [0.2, 0.25) is 0 Å². The quantitative estimate of drug-likeness (QED) is 0.881. The van der Waals surface area contributed by atoms with Crippen LogP contribution >= 0.6 is 0 Å². The number of hydrogen-bond acceptors (Lipinski definition) is 2. The maximum absolute atomic E-state index is 13.1. The van der Waals surface area contributed by atoms with Gasteiger partial charge >= 0.3 is 0 Å². The third-order valence-electron chi connectivity index (χ3n) is 4.26. The predicted octanol–water partition coefficient (Wildman–Crippen LogP) is 2.57. The zero-order valence-corrected chi connectivity index (χ0v) is 10.9. The zero-order chi connectivity index (χ0) is 12.5. The van der Waals surface area contributed by atoms with Crippen LogP contribution in [0.3, 0.4) is 0 Å². The topological polar surface area (TPSA) is 15.3 Å². The van der Waals surface area contributed by atoms with Gasteiger partial charge in [0.15, 0.2) is 0 Å². The number of rotatable bonds is 4. The summed E-state index contributed by atoms with van der Waals surface area (Å²) in [5, 5.41) is 3.30. The minimum absolute atomic E-state index is 0.139. The Bertz CT molecular complexity index is 399. The average Bonchev–Trinajstić information content (AvgIpc) is 3.13. The Balaban J connectivity index is 1.84. The fourth-order valence-electron chi connectivity index (χ4n) is 3.30. The van der Waals surface area contributed by atoms with Crippen LogP contribution in [0.1, 0.15) is 30.9 Å². The molecular formula is C15H21FN2. The second kappa shape index (κ2) is 4.98. The molecule has 98 valence electrons. The normalized spacial score (nSPS) is 28.8. The van der Waals surface area contributed by atoms with E-state index in [0.717, 1.165) is 12.6 Å². The van der Waals surface area contributed by atoms with Crippen molar-refractivity contribution in [2.45, 2.75) is 31.3 Å². The summed E-state index contributed by atoms with van der Waals surface area (Å²) in [6.45, 7) is 2.24. The standard InChI is InChI=1S/C15H21FN2/c1-17-10-12-8-9-18(14-6-7-14)15(12)11-2-4-13(16)5-3-11/h2-5,12,14-15,17H,6-10H2,1H3. The highest BCUT2D eigenvalue weighted by Crippen LogP contribution is 2.43. The Morgan fingerprint density at radius 1 is 1.22 bits per heavy atom. The van der Waals surface area contributed by atoms with Crippen molar-refractivity contribution < 1.29 is 4.39 Å². The summed E-state index contributed by atoms with van der Waals surface area (Å²) in [4.78, 5) is 2.63. The molecule has 3 rings (SSSR count). The molecular weight excluding hydrogens is 227 g/mol. The van der Waals surface area contributed by atoms with Gasteiger partial charge in [-0.1, -0.05) is 12.1 Å². The van der Waals surface area contributed by atoms with Gasteiger partial charge in [0.2, 0.25) is 0 Å². The minimum atomic E-state index is -0.139. The molecule has 0 amide bonds. The van der Waals surface area contributed by atoms with Crippen molar-refractivity contribution in [1.82, 2.24) is 10.2 Å². The van der Waals surface area contributed by atoms with Crippen molar-refractivity contribution >= 4 is 0 Å². The highest BCUT2D eigenvalue weighted by molar-refractivity contribution is 5.23. The molecule has 1 aliphatic carbocycles. The van der Waals surface area contributed by atoms with E-state index in [-0.39, 0.29) is 5.82 Å². The highest BCUT2D eigenvalue weighted by atomic mass is 19.1. The molecule has 18 heavy (non-hydrogen) atoms. The van der Waals surface area contributed by atoms with E-state index in [1.54, 1.807) is 12.1 Å². The van der Waals surface area contributed by atoms with Crippen molar-refractivity contribution in [3.63, 3.8) is 0 Å². The summed E-state index contributed by atoms with van der Waals surface area (Å²) in [6, 6.07) is 8.37. The second-order valence-corrected chi connectivity index (χ2v) is 5.57. The van der Waals surface area contributed by atoms with Crippen molar-refractivity contribution in [2.24, 2.45) is 5.92 Å². The molecule has 1 aliphatic heterocycles. The van der Waals surface area contributed by atoms with Gasteiger partial charge in [0, 0.05) is 12.1 Å². The van der Waals surface area contributed by atoms with Crippen LogP contribution in [0, 0.1) is 11.7 Å². The number of likely N-dealkylation sites (tertiary alicyclic amines) is 1. The van der Waals surface area contributed by atoms with Crippen LogP contribution in [0.5, 0.6) is 0 Å². The van der Waals surface area contributed by atoms with Gasteiger partial charge in [-0.2, -0.15) is 0 Å². The van der Waals surface area contributed by atoms with Crippen molar-refractivity contribution in [3.8, 4) is 0 Å². The first-order chi connectivity index (χ1) is 8.79. The minimum Gasteiger partial charge on any atom is -0.319 e. The molecule has 0 aromatic heterocycles. The predicted molar refractivity (Wildman–Crippen MR) is 70.9 cm³/mol. The van der Waals surface area contributed by atoms with E-state index in [9.17, 15) is 4.39 Å². The second-order valence-electron chi connectivity index (χ2n) is 5.57. The Labute approximate surface area is 108 Å². The number of halogens is 1. The van der Waals surface area contributed by atoms with E-state index in [4.69, 9.17) is 0 Å². The smallest absolute Gasteiger partial charge is 0.123 e. The first-order valence-corrected chi connectivity index (χ1v) is 6.95. The molecule has 1 aromatic carbocycles. The van der Waals surface area contributed by atoms with Gasteiger partial charge in [0.05, 0.1) is 0 Å². The van der Waals surface area contributed by atoms with Gasteiger partial charge in [-0.15, -0.1) is 0 Å². The molecule has 2 unspecified atom stereocenters. The van der Waals surface area contributed by atoms with Crippen LogP contribution in [-0.4, -0.2) is 31.1 Å². The summed E-state index contributed by atoms with van der Waals surface area (Å²) in [7, 11) is 2.02. The molecule has 0 bridgehead atoms. The maximum Gasteiger partial charge on any atom is 0.123 e. The van der Waals surface area contributed by atoms with Crippen LogP contribution in [0.15, 0.2) is 24.3 Å². The number of nitrogens with one attached hydrogen (secondary N) is 1. The molecule has 0 radical (unpaired) electrons. The van der Waals surface area contributed by atoms with Gasteiger partial charge in [-0.25, -0.2) is 4.39 Å². The van der Waals surface area contributed by atoms with Gasteiger partial charge in [0.25, 0.3) is 0 Å². The molecule has 1 saturated carbocycles. The Morgan fingerprint density at radius 2 is 1.94 bits per heavy atom. The van der Waals surface area contributed by atoms with Gasteiger partial charge in [-0.05, 0) is 63.0 Å². The van der Waals surface area contributed by atoms with Crippen LogP contribution < -0.4 is 5.32 Å². The Morgan fingerprint density at radius 3 is 2.56 bits per heavy atom. The number of nitrogens with zero attached hydrogens (tertiary/aromatic N) is 1. The van der Waals surface area contributed by atoms with E-state index in [1.165, 1.54) is 31.4 Å². The highest BCUT2D eigenvalue weighted by Gasteiger charge is 2.42. The Kier molecular flexibility index (Phi) is 3.35. The van der Waals surface area contributed by atoms with Crippen LogP contribution in [-0.2, 0) is 0 Å². The van der Waals surface area contributed by atoms with Crippen molar-refractivity contribution in [1.29, 1.82) is 0 Å². The molecule has 2 aliphatic rings. The summed E-state index contributed by atoms with van der Waals surface area (Å²) in [5.74, 6) is 0.515. The third-order valence-corrected chi connectivity index (χ3v) is 4.26. The van der Waals surface area contributed by atoms with Crippen molar-refractivity contribution in [2.75, 3.05) is 20.1 Å². The monoisotopic (exact) mass is 248 g/mol. The number of hydrogen-bond donors (Lipinski definition) is 1. The van der Waals surface area contributed by atoms with E-state index >= 15 is 0 Å². The lowest BCUT2D eigenvalue weighted by Gasteiger charge is -2.28. The lowest BCUT2D eigenvalue weighted by molar-refractivity contribution is 0.217. The summed E-state index contributed by atoms with van der Waals surface area (Å²) < 4.78 is 13.1. The van der Waals surface area contributed by atoms with Gasteiger partial charge < -0.3 is 5.32 Å². The van der Waals surface area contributed by atoms with Gasteiger partial charge in [0.1, 0.15) is 5.82 Å². The van der Waals surface area contributed by atoms with E-state index in [0.29, 0.717) is 12.0 Å². The molecule has 1 saturated heterocycles. The molecule has 1 heterocycles. The Hall–Kier alpha value is -0.930. The first-order valence-electron chi connectivity index (χ1n) is 6.95. The van der Waals surface area contributed by atoms with Crippen LogP contribution in [0.25, 0.3) is 0 Å². The maximum atomic E-state index is 13.1. The van der Waals surface area contributed by atoms with Crippen LogP contribution in [0.4, 0.5) is 4.39 Å². The zero-order valence-electron chi connectivity index (χ0n) is 10.9. The molecule has 1 aromatic rings. The van der Waals surface area contributed by atoms with E-state index in [2.05, 4.69) is 10.2 Å². The lowest BCUT2D eigenvalue weighted by atomic mass is 9.93. The first kappa shape index (κ1) is 12.1. The molecule has 2 fully saturated rings. The molecule has 3 heteroatoms. The summed E-state index contributed by atoms with van der Waals surface area (Å²) in [6.07, 6.45) is 3.92. The largest absolute Gasteiger partial charge is 0.319 e. The van der Waals surface area contributed by atoms with E-state index < -0.39 is 0 Å². The van der Waals surface area contributed by atoms with E-state index in [1.807, 2.05) is 19.2 Å². The average molecular weight is 248 g/mol. The molecule has 0 spiro atoms. The number of benzene rings is 1. The third kappa shape index (κ3) is 2.29. The van der Waals surface area contributed by atoms with Gasteiger partial charge in [-0.3, -0.25) is 4.90 Å². The molecule has 2 atom stereocenters. The van der Waals surface area contributed by atoms with Crippen molar-refractivity contribution in [3.05, 3.63) is 35.6 Å². The summed E-state index contributed by atoms with van der Waals surface area (Å²) >= 11 is 0. The lowest BCUT2D eigenvalue weighted by Crippen LogP contribution is -2.30. The summed E-state index contributed by atoms with van der Waals surface area (Å²) in [5.41, 5.74) is 1.28. The fraction of sp³-hybridized carbons (Fsp3) is 0.600. The SMILES string of the molecule is CNCC1CCN(C2CC2)C1c1ccc(F)cc1.